The van der Waals surface area contributed by atoms with Gasteiger partial charge in [-0.15, -0.1) is 0 Å². The molecule has 0 aliphatic heterocycles. The molecule has 1 heterocycles. The number of benzene rings is 2. The van der Waals surface area contributed by atoms with E-state index in [1.54, 1.807) is 33.5 Å². The van der Waals surface area contributed by atoms with Crippen molar-refractivity contribution in [2.45, 2.75) is 45.2 Å². The Hall–Kier alpha value is -5.06. The van der Waals surface area contributed by atoms with Gasteiger partial charge in [-0.1, -0.05) is 18.2 Å². The van der Waals surface area contributed by atoms with E-state index in [4.69, 9.17) is 14.2 Å². The van der Waals surface area contributed by atoms with E-state index >= 15 is 0 Å². The van der Waals surface area contributed by atoms with E-state index in [1.165, 1.54) is 6.92 Å². The molecule has 0 radical (unpaired) electrons. The Morgan fingerprint density at radius 3 is 2.51 bits per heavy atom. The molecule has 5 rings (SSSR count). The van der Waals surface area contributed by atoms with Crippen molar-refractivity contribution in [1.29, 1.82) is 0 Å². The lowest BCUT2D eigenvalue weighted by atomic mass is 9.95. The predicted molar refractivity (Wildman–Crippen MR) is 173 cm³/mol. The number of fused-ring (bicyclic) bond motifs is 4. The van der Waals surface area contributed by atoms with Crippen molar-refractivity contribution < 1.29 is 23.8 Å². The molecule has 1 aliphatic rings. The molecular weight excluding hydrogens is 574 g/mol. The summed E-state index contributed by atoms with van der Waals surface area (Å²) in [6.07, 6.45) is 2.01. The van der Waals surface area contributed by atoms with Gasteiger partial charge < -0.3 is 34.7 Å². The lowest BCUT2D eigenvalue weighted by Gasteiger charge is -2.19. The van der Waals surface area contributed by atoms with Crippen LogP contribution in [-0.2, 0) is 29.6 Å². The highest BCUT2D eigenvalue weighted by Crippen LogP contribution is 2.50. The summed E-state index contributed by atoms with van der Waals surface area (Å²) in [5, 5.41) is 9.16. The number of nitrogens with one attached hydrogen (secondary N) is 3. The predicted octanol–water partition coefficient (Wildman–Crippen LogP) is 4.26. The Kier molecular flexibility index (Phi) is 9.56. The summed E-state index contributed by atoms with van der Waals surface area (Å²) in [4.78, 5) is 42.8. The summed E-state index contributed by atoms with van der Waals surface area (Å²) in [6, 6.07) is 14.6. The second-order valence-electron chi connectivity index (χ2n) is 11.0. The van der Waals surface area contributed by atoms with Gasteiger partial charge in [0.2, 0.25) is 23.0 Å². The number of hydrogen-bond donors (Lipinski definition) is 3. The highest BCUT2D eigenvalue weighted by Gasteiger charge is 2.29. The Morgan fingerprint density at radius 2 is 1.80 bits per heavy atom. The zero-order valence-corrected chi connectivity index (χ0v) is 26.3. The minimum atomic E-state index is -0.389. The normalized spacial score (nSPS) is 13.7. The highest BCUT2D eigenvalue weighted by atomic mass is 16.5. The largest absolute Gasteiger partial charge is 0.493 e. The first kappa shape index (κ1) is 31.4. The average molecular weight is 614 g/mol. The van der Waals surface area contributed by atoms with Crippen LogP contribution in [-0.4, -0.2) is 49.2 Å². The number of anilines is 1. The molecule has 0 saturated heterocycles. The fourth-order valence-electron chi connectivity index (χ4n) is 5.95. The zero-order chi connectivity index (χ0) is 32.1. The minimum Gasteiger partial charge on any atom is -0.493 e. The third kappa shape index (κ3) is 6.57. The number of imidazole rings is 1. The maximum atomic E-state index is 13.5. The molecule has 0 bridgehead atoms. The van der Waals surface area contributed by atoms with Gasteiger partial charge in [0, 0.05) is 32.5 Å². The average Bonchev–Trinajstić information content (AvgIpc) is 3.17. The van der Waals surface area contributed by atoms with Crippen molar-refractivity contribution in [2.24, 2.45) is 7.05 Å². The lowest BCUT2D eigenvalue weighted by Crippen LogP contribution is -2.26. The zero-order valence-electron chi connectivity index (χ0n) is 26.3. The molecule has 0 spiro atoms. The fraction of sp³-hybridized carbons (Fsp3) is 0.353. The van der Waals surface area contributed by atoms with E-state index in [0.717, 1.165) is 33.5 Å². The van der Waals surface area contributed by atoms with Crippen molar-refractivity contribution in [2.75, 3.05) is 33.2 Å². The number of aryl methyl sites for hydroxylation is 2. The summed E-state index contributed by atoms with van der Waals surface area (Å²) >= 11 is 0. The number of rotatable bonds is 11. The second-order valence-corrected chi connectivity index (χ2v) is 11.0. The number of aromatic nitrogens is 2. The minimum absolute atomic E-state index is 0.0947. The quantitative estimate of drug-likeness (QED) is 0.214. The van der Waals surface area contributed by atoms with Gasteiger partial charge in [-0.2, -0.15) is 0 Å². The molecule has 45 heavy (non-hydrogen) atoms. The fourth-order valence-corrected chi connectivity index (χ4v) is 5.95. The van der Waals surface area contributed by atoms with Gasteiger partial charge in [0.1, 0.15) is 5.82 Å². The summed E-state index contributed by atoms with van der Waals surface area (Å²) < 4.78 is 19.1. The van der Waals surface area contributed by atoms with Crippen molar-refractivity contribution >= 4 is 28.5 Å². The molecule has 11 nitrogen and oxygen atoms in total. The molecule has 0 fully saturated rings. The van der Waals surface area contributed by atoms with Crippen molar-refractivity contribution in [1.82, 2.24) is 20.2 Å². The van der Waals surface area contributed by atoms with E-state index in [9.17, 15) is 14.4 Å². The van der Waals surface area contributed by atoms with Crippen molar-refractivity contribution in [3.05, 3.63) is 75.7 Å². The van der Waals surface area contributed by atoms with E-state index in [-0.39, 0.29) is 29.7 Å². The number of nitrogens with zero attached hydrogens (tertiary/aromatic N) is 2. The Morgan fingerprint density at radius 1 is 1.02 bits per heavy atom. The van der Waals surface area contributed by atoms with Gasteiger partial charge in [0.15, 0.2) is 11.5 Å². The van der Waals surface area contributed by atoms with Crippen LogP contribution >= 0.6 is 0 Å². The van der Waals surface area contributed by atoms with Gasteiger partial charge in [-0.3, -0.25) is 14.4 Å². The van der Waals surface area contributed by atoms with Gasteiger partial charge in [0.05, 0.1) is 50.6 Å². The van der Waals surface area contributed by atoms with Crippen LogP contribution in [0.3, 0.4) is 0 Å². The van der Waals surface area contributed by atoms with E-state index in [0.29, 0.717) is 60.9 Å². The molecule has 236 valence electrons. The molecule has 2 amide bonds. The van der Waals surface area contributed by atoms with Gasteiger partial charge in [-0.25, -0.2) is 4.98 Å². The standard InChI is InChI=1S/C34H39N5O6/c1-20(40)37-24-14-12-21-17-29(43-3)33(44-4)34(45-5)32(21)22-13-15-26(28(41)18-23(22)24)35-16-8-11-31(42)36-19-30-38-25-9-6-7-10-27(25)39(30)2/h6-7,9-10,13,15,17-18,24H,8,11-12,14,16,19H2,1-5H3,(H,35,41)(H,36,42)(H,37,40)/t24-/m0/s1. The maximum Gasteiger partial charge on any atom is 0.220 e. The third-order valence-electron chi connectivity index (χ3n) is 8.14. The number of methoxy groups -OCH3 is 3. The van der Waals surface area contributed by atoms with Crippen LogP contribution < -0.4 is 35.6 Å². The van der Waals surface area contributed by atoms with E-state index in [1.807, 2.05) is 48.0 Å². The molecule has 0 unspecified atom stereocenters. The van der Waals surface area contributed by atoms with Gasteiger partial charge >= 0.3 is 0 Å². The van der Waals surface area contributed by atoms with Crippen LogP contribution in [0.15, 0.2) is 53.3 Å². The number of para-hydroxylation sites is 2. The molecule has 1 aromatic heterocycles. The van der Waals surface area contributed by atoms with E-state index in [2.05, 4.69) is 20.9 Å². The molecule has 3 aromatic carbocycles. The number of ether oxygens (including phenoxy) is 3. The summed E-state index contributed by atoms with van der Waals surface area (Å²) in [5.41, 5.74) is 5.26. The number of carbonyl (C=O) groups excluding carboxylic acids is 2. The Labute approximate surface area is 261 Å². The molecule has 4 aromatic rings. The molecular formula is C34H39N5O6. The van der Waals surface area contributed by atoms with Crippen LogP contribution in [0.1, 0.15) is 49.2 Å². The first-order valence-corrected chi connectivity index (χ1v) is 14.9. The molecule has 11 heteroatoms. The number of amides is 2. The molecule has 3 N–H and O–H groups in total. The monoisotopic (exact) mass is 613 g/mol. The van der Waals surface area contributed by atoms with Crippen molar-refractivity contribution in [3.8, 4) is 28.4 Å². The highest BCUT2D eigenvalue weighted by molar-refractivity contribution is 5.84. The Balaban J connectivity index is 1.34. The summed E-state index contributed by atoms with van der Waals surface area (Å²) in [5.74, 6) is 1.98. The molecule has 1 aliphatic carbocycles. The maximum absolute atomic E-state index is 13.5. The lowest BCUT2D eigenvalue weighted by molar-refractivity contribution is -0.121. The SMILES string of the molecule is COc1cc2c(c(OC)c1OC)-c1ccc(NCCCC(=O)NCc3nc4ccccc4n3C)c(=O)cc1[C@@H](NC(C)=O)CC2. The number of hydrogen-bond acceptors (Lipinski definition) is 8. The topological polar surface area (TPSA) is 133 Å². The Bertz CT molecular complexity index is 1800. The van der Waals surface area contributed by atoms with Crippen LogP contribution in [0.2, 0.25) is 0 Å². The smallest absolute Gasteiger partial charge is 0.220 e. The first-order valence-electron chi connectivity index (χ1n) is 14.9. The summed E-state index contributed by atoms with van der Waals surface area (Å²) in [6.45, 7) is 2.22. The third-order valence-corrected chi connectivity index (χ3v) is 8.14. The number of carbonyl (C=O) groups is 2. The van der Waals surface area contributed by atoms with Crippen LogP contribution in [0.25, 0.3) is 22.2 Å². The van der Waals surface area contributed by atoms with Crippen molar-refractivity contribution in [3.63, 3.8) is 0 Å². The molecule has 1 atom stereocenters. The molecule has 0 saturated carbocycles. The van der Waals surface area contributed by atoms with Gasteiger partial charge in [0.25, 0.3) is 0 Å². The first-order chi connectivity index (χ1) is 21.7. The van der Waals surface area contributed by atoms with Crippen LogP contribution in [0.4, 0.5) is 5.69 Å². The van der Waals surface area contributed by atoms with E-state index < -0.39 is 0 Å². The van der Waals surface area contributed by atoms with Crippen LogP contribution in [0, 0.1) is 0 Å². The van der Waals surface area contributed by atoms with Gasteiger partial charge in [-0.05, 0) is 66.3 Å². The second kappa shape index (κ2) is 13.7. The summed E-state index contributed by atoms with van der Waals surface area (Å²) in [7, 11) is 6.62. The van der Waals surface area contributed by atoms with Crippen LogP contribution in [0.5, 0.6) is 17.2 Å².